The van der Waals surface area contributed by atoms with Gasteiger partial charge in [-0.25, -0.2) is 0 Å². The Bertz CT molecular complexity index is 2760. The van der Waals surface area contributed by atoms with Crippen LogP contribution in [-0.2, 0) is 16.2 Å². The molecule has 0 radical (unpaired) electrons. The van der Waals surface area contributed by atoms with Crippen LogP contribution in [0.4, 0.5) is 0 Å². The lowest BCUT2D eigenvalue weighted by atomic mass is 9.83. The first kappa shape index (κ1) is 38.8. The molecular formula is C49H52N6. The molecule has 9 aromatic rings. The smallest absolute Gasteiger partial charge is 0.0967 e. The fourth-order valence-electron chi connectivity index (χ4n) is 6.95. The van der Waals surface area contributed by atoms with Crippen LogP contribution in [0.25, 0.3) is 65.4 Å². The van der Waals surface area contributed by atoms with E-state index in [0.717, 1.165) is 54.6 Å². The second kappa shape index (κ2) is 15.1. The SMILES string of the molecule is C.CC(C)(C)c1cc2cccnc2c2ncccc12.CC(C)(C)c1ccnc2c1ccc1cccnc12.CC(C)(C)c1cnc2c(ccc3cccnc32)c1. The minimum absolute atomic E-state index is 0. The van der Waals surface area contributed by atoms with Gasteiger partial charge in [-0.1, -0.05) is 118 Å². The number of hydrogen-bond donors (Lipinski definition) is 0. The van der Waals surface area contributed by atoms with Gasteiger partial charge in [0.1, 0.15) is 0 Å². The van der Waals surface area contributed by atoms with E-state index < -0.39 is 0 Å². The number of hydrogen-bond acceptors (Lipinski definition) is 6. The van der Waals surface area contributed by atoms with Gasteiger partial charge in [0.2, 0.25) is 0 Å². The molecule has 6 aromatic heterocycles. The van der Waals surface area contributed by atoms with E-state index in [9.17, 15) is 0 Å². The first-order valence-electron chi connectivity index (χ1n) is 18.6. The highest BCUT2D eigenvalue weighted by Gasteiger charge is 2.20. The molecule has 0 unspecified atom stereocenters. The van der Waals surface area contributed by atoms with Gasteiger partial charge in [-0.15, -0.1) is 0 Å². The van der Waals surface area contributed by atoms with Crippen molar-refractivity contribution >= 4 is 65.4 Å². The summed E-state index contributed by atoms with van der Waals surface area (Å²) in [5.41, 5.74) is 10.2. The van der Waals surface area contributed by atoms with Gasteiger partial charge >= 0.3 is 0 Å². The maximum absolute atomic E-state index is 4.61. The lowest BCUT2D eigenvalue weighted by Gasteiger charge is -2.22. The molecule has 0 aliphatic rings. The predicted octanol–water partition coefficient (Wildman–Crippen LogP) is 12.9. The third-order valence-corrected chi connectivity index (χ3v) is 9.85. The average molecular weight is 725 g/mol. The molecule has 0 atom stereocenters. The Labute approximate surface area is 325 Å². The van der Waals surface area contributed by atoms with Crippen molar-refractivity contribution in [1.29, 1.82) is 0 Å². The minimum Gasteiger partial charge on any atom is -0.254 e. The van der Waals surface area contributed by atoms with E-state index in [0.29, 0.717) is 0 Å². The zero-order valence-electron chi connectivity index (χ0n) is 32.8. The highest BCUT2D eigenvalue weighted by Crippen LogP contribution is 2.34. The van der Waals surface area contributed by atoms with E-state index in [-0.39, 0.29) is 23.7 Å². The lowest BCUT2D eigenvalue weighted by molar-refractivity contribution is 0.589. The molecule has 9 rings (SSSR count). The highest BCUT2D eigenvalue weighted by molar-refractivity contribution is 6.05. The fourth-order valence-corrected chi connectivity index (χ4v) is 6.95. The molecule has 0 amide bonds. The summed E-state index contributed by atoms with van der Waals surface area (Å²) in [6.45, 7) is 20.0. The Morgan fingerprint density at radius 1 is 0.345 bits per heavy atom. The minimum atomic E-state index is 0. The molecule has 0 aliphatic heterocycles. The normalized spacial score (nSPS) is 11.9. The van der Waals surface area contributed by atoms with E-state index in [1.54, 1.807) is 0 Å². The van der Waals surface area contributed by atoms with Crippen molar-refractivity contribution in [2.24, 2.45) is 0 Å². The van der Waals surface area contributed by atoms with Gasteiger partial charge in [-0.2, -0.15) is 0 Å². The number of benzene rings is 3. The van der Waals surface area contributed by atoms with E-state index in [4.69, 9.17) is 0 Å². The van der Waals surface area contributed by atoms with Crippen molar-refractivity contribution in [1.82, 2.24) is 29.9 Å². The van der Waals surface area contributed by atoms with Crippen LogP contribution in [0.1, 0.15) is 86.4 Å². The van der Waals surface area contributed by atoms with Gasteiger partial charge < -0.3 is 0 Å². The van der Waals surface area contributed by atoms with Gasteiger partial charge in [0.25, 0.3) is 0 Å². The standard InChI is InChI=1S/3C16H16N2.CH4/c1-16(2,3)13-10-11-6-4-8-17-14(11)15-12(13)7-5-9-18-15;1-16(2,3)13-8-10-18-15-12(13)7-6-11-5-4-9-17-14(11)15;1-16(2,3)13-9-12-7-6-11-5-4-8-17-14(11)15(12)18-10-13;/h3*4-10H,1-3H3;1H4. The average Bonchev–Trinajstić information content (AvgIpc) is 3.16. The van der Waals surface area contributed by atoms with Crippen molar-refractivity contribution in [2.45, 2.75) is 86.0 Å². The highest BCUT2D eigenvalue weighted by atomic mass is 14.7. The third-order valence-electron chi connectivity index (χ3n) is 9.85. The Morgan fingerprint density at radius 2 is 0.764 bits per heavy atom. The van der Waals surface area contributed by atoms with Gasteiger partial charge in [-0.3, -0.25) is 29.9 Å². The number of aromatic nitrogens is 6. The molecule has 0 N–H and O–H groups in total. The number of pyridine rings is 6. The van der Waals surface area contributed by atoms with Crippen LogP contribution >= 0.6 is 0 Å². The largest absolute Gasteiger partial charge is 0.254 e. The predicted molar refractivity (Wildman–Crippen MR) is 234 cm³/mol. The van der Waals surface area contributed by atoms with E-state index in [2.05, 4.69) is 159 Å². The van der Waals surface area contributed by atoms with Crippen LogP contribution in [0, 0.1) is 0 Å². The first-order chi connectivity index (χ1) is 25.7. The Kier molecular flexibility index (Phi) is 10.7. The Balaban J connectivity index is 0.000000139. The van der Waals surface area contributed by atoms with Crippen molar-refractivity contribution < 1.29 is 0 Å². The lowest BCUT2D eigenvalue weighted by Crippen LogP contribution is -2.12. The van der Waals surface area contributed by atoms with E-state index in [1.165, 1.54) is 27.5 Å². The van der Waals surface area contributed by atoms with Crippen molar-refractivity contribution in [3.05, 3.63) is 145 Å². The molecule has 278 valence electrons. The zero-order chi connectivity index (χ0) is 38.3. The Hall–Kier alpha value is -5.88. The second-order valence-electron chi connectivity index (χ2n) is 17.0. The topological polar surface area (TPSA) is 77.3 Å². The third kappa shape index (κ3) is 8.00. The number of rotatable bonds is 0. The maximum Gasteiger partial charge on any atom is 0.0967 e. The molecule has 6 nitrogen and oxygen atoms in total. The maximum atomic E-state index is 4.61. The fraction of sp³-hybridized carbons (Fsp3) is 0.265. The quantitative estimate of drug-likeness (QED) is 0.145. The van der Waals surface area contributed by atoms with Crippen molar-refractivity contribution in [2.75, 3.05) is 0 Å². The Morgan fingerprint density at radius 3 is 1.35 bits per heavy atom. The monoisotopic (exact) mass is 724 g/mol. The van der Waals surface area contributed by atoms with Crippen LogP contribution in [0.5, 0.6) is 0 Å². The first-order valence-corrected chi connectivity index (χ1v) is 18.6. The zero-order valence-corrected chi connectivity index (χ0v) is 32.8. The van der Waals surface area contributed by atoms with E-state index >= 15 is 0 Å². The van der Waals surface area contributed by atoms with Crippen LogP contribution in [0.3, 0.4) is 0 Å². The molecular weight excluding hydrogens is 673 g/mol. The summed E-state index contributed by atoms with van der Waals surface area (Å²) in [5.74, 6) is 0. The van der Waals surface area contributed by atoms with Crippen molar-refractivity contribution in [3.63, 3.8) is 0 Å². The summed E-state index contributed by atoms with van der Waals surface area (Å²) >= 11 is 0. The summed E-state index contributed by atoms with van der Waals surface area (Å²) in [4.78, 5) is 27.0. The van der Waals surface area contributed by atoms with Gasteiger partial charge in [-0.05, 0) is 75.4 Å². The molecule has 0 fully saturated rings. The van der Waals surface area contributed by atoms with Crippen molar-refractivity contribution in [3.8, 4) is 0 Å². The molecule has 0 bridgehead atoms. The van der Waals surface area contributed by atoms with E-state index in [1.807, 2.05) is 61.4 Å². The summed E-state index contributed by atoms with van der Waals surface area (Å²) in [6, 6.07) is 31.4. The molecule has 6 heteroatoms. The molecule has 0 aliphatic carbocycles. The van der Waals surface area contributed by atoms with Crippen LogP contribution in [-0.4, -0.2) is 29.9 Å². The molecule has 55 heavy (non-hydrogen) atoms. The molecule has 0 spiro atoms. The summed E-state index contributed by atoms with van der Waals surface area (Å²) in [7, 11) is 0. The number of nitrogens with zero attached hydrogens (tertiary/aromatic N) is 6. The summed E-state index contributed by atoms with van der Waals surface area (Å²) < 4.78 is 0. The van der Waals surface area contributed by atoms with Gasteiger partial charge in [0, 0.05) is 69.5 Å². The molecule has 0 saturated heterocycles. The van der Waals surface area contributed by atoms with Gasteiger partial charge in [0.05, 0.1) is 33.1 Å². The van der Waals surface area contributed by atoms with Crippen LogP contribution in [0.15, 0.2) is 128 Å². The second-order valence-corrected chi connectivity index (χ2v) is 17.0. The molecule has 6 heterocycles. The summed E-state index contributed by atoms with van der Waals surface area (Å²) in [5, 5.41) is 7.01. The van der Waals surface area contributed by atoms with Crippen LogP contribution in [0.2, 0.25) is 0 Å². The molecule has 3 aromatic carbocycles. The van der Waals surface area contributed by atoms with Gasteiger partial charge in [0.15, 0.2) is 0 Å². The van der Waals surface area contributed by atoms with Crippen LogP contribution < -0.4 is 0 Å². The number of fused-ring (bicyclic) bond motifs is 9. The molecule has 0 saturated carbocycles. The summed E-state index contributed by atoms with van der Waals surface area (Å²) in [6.07, 6.45) is 11.2.